The molecule has 1 aliphatic rings. The molecule has 33 heavy (non-hydrogen) atoms. The fraction of sp³-hybridized carbons (Fsp3) is 0.167. The van der Waals surface area contributed by atoms with Crippen molar-refractivity contribution in [2.45, 2.75) is 10.5 Å². The Labute approximate surface area is 199 Å². The number of benzene rings is 2. The van der Waals surface area contributed by atoms with E-state index in [9.17, 15) is 9.18 Å². The van der Waals surface area contributed by atoms with Crippen molar-refractivity contribution in [2.24, 2.45) is 0 Å². The normalized spacial score (nSPS) is 15.7. The number of carbonyl (C=O) groups excluding carboxylic acids is 1. The Kier molecular flexibility index (Phi) is 6.41. The van der Waals surface area contributed by atoms with Gasteiger partial charge < -0.3 is 4.90 Å². The van der Waals surface area contributed by atoms with Crippen LogP contribution in [0.4, 0.5) is 4.39 Å². The molecule has 3 heterocycles. The number of pyridine rings is 1. The van der Waals surface area contributed by atoms with Gasteiger partial charge in [0, 0.05) is 41.5 Å². The van der Waals surface area contributed by atoms with E-state index in [4.69, 9.17) is 0 Å². The molecule has 1 aliphatic heterocycles. The van der Waals surface area contributed by atoms with Gasteiger partial charge in [-0.25, -0.2) is 4.39 Å². The second-order valence-corrected chi connectivity index (χ2v) is 9.47. The molecule has 0 N–H and O–H groups in total. The van der Waals surface area contributed by atoms with Crippen LogP contribution in [0.2, 0.25) is 0 Å². The summed E-state index contributed by atoms with van der Waals surface area (Å²) in [5.74, 6) is 1.28. The zero-order valence-corrected chi connectivity index (χ0v) is 19.2. The zero-order chi connectivity index (χ0) is 22.6. The first-order chi connectivity index (χ1) is 16.2. The summed E-state index contributed by atoms with van der Waals surface area (Å²) in [5.41, 5.74) is 2.28. The second kappa shape index (κ2) is 9.76. The summed E-state index contributed by atoms with van der Waals surface area (Å²) in [7, 11) is 0. The quantitative estimate of drug-likeness (QED) is 0.371. The van der Waals surface area contributed by atoms with E-state index < -0.39 is 0 Å². The van der Waals surface area contributed by atoms with E-state index in [1.54, 1.807) is 47.3 Å². The third-order valence-corrected chi connectivity index (χ3v) is 7.43. The maximum absolute atomic E-state index is 14.4. The topological polar surface area (TPSA) is 63.9 Å². The number of rotatable bonds is 6. The van der Waals surface area contributed by atoms with Crippen LogP contribution in [0.25, 0.3) is 17.1 Å². The van der Waals surface area contributed by atoms with Crippen LogP contribution in [0.1, 0.15) is 10.9 Å². The Balaban J connectivity index is 1.39. The maximum atomic E-state index is 14.4. The lowest BCUT2D eigenvalue weighted by molar-refractivity contribution is -0.128. The molecule has 5 rings (SSSR count). The van der Waals surface area contributed by atoms with Crippen LogP contribution in [0, 0.1) is 5.82 Å². The Morgan fingerprint density at radius 2 is 1.88 bits per heavy atom. The summed E-state index contributed by atoms with van der Waals surface area (Å²) in [4.78, 5) is 19.1. The predicted octanol–water partition coefficient (Wildman–Crippen LogP) is 4.83. The lowest BCUT2D eigenvalue weighted by Gasteiger charge is -2.24. The number of para-hydroxylation sites is 1. The van der Waals surface area contributed by atoms with Gasteiger partial charge in [-0.3, -0.25) is 14.3 Å². The molecule has 2 aromatic heterocycles. The highest BCUT2D eigenvalue weighted by molar-refractivity contribution is 8.00. The molecule has 2 aromatic carbocycles. The number of halogens is 1. The summed E-state index contributed by atoms with van der Waals surface area (Å²) in [6.45, 7) is 0.593. The minimum Gasteiger partial charge on any atom is -0.325 e. The second-order valence-electron chi connectivity index (χ2n) is 7.34. The first-order valence-corrected chi connectivity index (χ1v) is 12.5. The number of carbonyl (C=O) groups is 1. The predicted molar refractivity (Wildman–Crippen MR) is 129 cm³/mol. The van der Waals surface area contributed by atoms with E-state index in [2.05, 4.69) is 15.2 Å². The minimum absolute atomic E-state index is 0.0520. The van der Waals surface area contributed by atoms with Crippen molar-refractivity contribution >= 4 is 29.4 Å². The van der Waals surface area contributed by atoms with Gasteiger partial charge in [0.25, 0.3) is 0 Å². The van der Waals surface area contributed by atoms with Gasteiger partial charge in [0.05, 0.1) is 5.75 Å². The van der Waals surface area contributed by atoms with Crippen LogP contribution in [0.3, 0.4) is 0 Å². The number of hydrogen-bond acceptors (Lipinski definition) is 6. The number of aromatic nitrogens is 4. The van der Waals surface area contributed by atoms with Crippen LogP contribution in [-0.2, 0) is 4.79 Å². The number of thioether (sulfide) groups is 2. The van der Waals surface area contributed by atoms with Crippen molar-refractivity contribution < 1.29 is 9.18 Å². The van der Waals surface area contributed by atoms with Gasteiger partial charge >= 0.3 is 0 Å². The summed E-state index contributed by atoms with van der Waals surface area (Å²) >= 11 is 2.91. The van der Waals surface area contributed by atoms with Gasteiger partial charge in [-0.2, -0.15) is 0 Å². The zero-order valence-electron chi connectivity index (χ0n) is 17.5. The molecule has 1 amide bonds. The molecule has 4 aromatic rings. The van der Waals surface area contributed by atoms with Crippen molar-refractivity contribution in [1.29, 1.82) is 0 Å². The van der Waals surface area contributed by atoms with E-state index in [0.717, 1.165) is 17.0 Å². The van der Waals surface area contributed by atoms with Gasteiger partial charge in [0.2, 0.25) is 5.91 Å². The Morgan fingerprint density at radius 1 is 1.06 bits per heavy atom. The molecule has 0 bridgehead atoms. The molecule has 1 atom stereocenters. The van der Waals surface area contributed by atoms with Crippen molar-refractivity contribution in [3.8, 4) is 17.1 Å². The van der Waals surface area contributed by atoms with E-state index in [-0.39, 0.29) is 22.9 Å². The van der Waals surface area contributed by atoms with Gasteiger partial charge in [-0.15, -0.1) is 22.0 Å². The van der Waals surface area contributed by atoms with E-state index in [0.29, 0.717) is 23.1 Å². The molecule has 1 unspecified atom stereocenters. The Bertz CT molecular complexity index is 1250. The standard InChI is InChI=1S/C24H20FN5OS2/c25-20-11-5-4-10-19(20)23-29(13-14-32-23)21(31)16-33-24-28-27-22(17-7-6-12-26-15-17)30(24)18-8-2-1-3-9-18/h1-12,15,23H,13-14,16H2. The molecular weight excluding hydrogens is 457 g/mol. The monoisotopic (exact) mass is 477 g/mol. The lowest BCUT2D eigenvalue weighted by Crippen LogP contribution is -2.32. The molecule has 0 spiro atoms. The molecule has 166 valence electrons. The van der Waals surface area contributed by atoms with Crippen LogP contribution >= 0.6 is 23.5 Å². The molecule has 9 heteroatoms. The fourth-order valence-electron chi connectivity index (χ4n) is 3.72. The lowest BCUT2D eigenvalue weighted by atomic mass is 10.2. The largest absolute Gasteiger partial charge is 0.325 e. The highest BCUT2D eigenvalue weighted by Gasteiger charge is 2.32. The van der Waals surface area contributed by atoms with Crippen molar-refractivity contribution in [1.82, 2.24) is 24.6 Å². The highest BCUT2D eigenvalue weighted by Crippen LogP contribution is 2.39. The van der Waals surface area contributed by atoms with Gasteiger partial charge in [0.1, 0.15) is 11.2 Å². The summed E-state index contributed by atoms with van der Waals surface area (Å²) in [6.07, 6.45) is 3.45. The third kappa shape index (κ3) is 4.51. The van der Waals surface area contributed by atoms with Crippen LogP contribution in [0.5, 0.6) is 0 Å². The van der Waals surface area contributed by atoms with Gasteiger partial charge in [0.15, 0.2) is 11.0 Å². The van der Waals surface area contributed by atoms with Crippen molar-refractivity contribution in [3.05, 3.63) is 90.5 Å². The molecule has 1 fully saturated rings. The third-order valence-electron chi connectivity index (χ3n) is 5.27. The van der Waals surface area contributed by atoms with E-state index >= 15 is 0 Å². The Morgan fingerprint density at radius 3 is 2.67 bits per heavy atom. The summed E-state index contributed by atoms with van der Waals surface area (Å²) in [6, 6.07) is 20.2. The number of hydrogen-bond donors (Lipinski definition) is 0. The SMILES string of the molecule is O=C(CSc1nnc(-c2cccnc2)n1-c1ccccc1)N1CCSC1c1ccccc1F. The maximum Gasteiger partial charge on any atom is 0.234 e. The van der Waals surface area contributed by atoms with E-state index in [1.165, 1.54) is 17.8 Å². The number of amides is 1. The number of nitrogens with zero attached hydrogens (tertiary/aromatic N) is 5. The molecule has 1 saturated heterocycles. The van der Waals surface area contributed by atoms with Gasteiger partial charge in [-0.1, -0.05) is 48.2 Å². The summed E-state index contributed by atoms with van der Waals surface area (Å²) < 4.78 is 16.3. The van der Waals surface area contributed by atoms with Crippen LogP contribution in [-0.4, -0.2) is 48.6 Å². The first kappa shape index (κ1) is 21.7. The van der Waals surface area contributed by atoms with Crippen LogP contribution in [0.15, 0.2) is 84.3 Å². The smallest absolute Gasteiger partial charge is 0.234 e. The fourth-order valence-corrected chi connectivity index (χ4v) is 5.86. The first-order valence-electron chi connectivity index (χ1n) is 10.4. The van der Waals surface area contributed by atoms with E-state index in [1.807, 2.05) is 47.0 Å². The van der Waals surface area contributed by atoms with Crippen molar-refractivity contribution in [3.63, 3.8) is 0 Å². The van der Waals surface area contributed by atoms with Crippen molar-refractivity contribution in [2.75, 3.05) is 18.1 Å². The van der Waals surface area contributed by atoms with Gasteiger partial charge in [-0.05, 0) is 30.3 Å². The molecular formula is C24H20FN5OS2. The molecule has 0 aliphatic carbocycles. The molecule has 0 saturated carbocycles. The minimum atomic E-state index is -0.308. The average Bonchev–Trinajstić information content (AvgIpc) is 3.51. The summed E-state index contributed by atoms with van der Waals surface area (Å²) in [5, 5.41) is 9.06. The highest BCUT2D eigenvalue weighted by atomic mass is 32.2. The van der Waals surface area contributed by atoms with Crippen LogP contribution < -0.4 is 0 Å². The Hall–Kier alpha value is -3.17. The molecule has 0 radical (unpaired) electrons. The average molecular weight is 478 g/mol. The molecule has 6 nitrogen and oxygen atoms in total.